The summed E-state index contributed by atoms with van der Waals surface area (Å²) in [6.07, 6.45) is 1.27. The number of aromatic nitrogens is 1. The van der Waals surface area contributed by atoms with Crippen LogP contribution >= 0.6 is 22.9 Å². The summed E-state index contributed by atoms with van der Waals surface area (Å²) in [4.78, 5) is 17.8. The smallest absolute Gasteiger partial charge is 0.243 e. The van der Waals surface area contributed by atoms with Crippen LogP contribution in [0, 0.1) is 5.92 Å². The molecule has 4 rings (SSSR count). The molecule has 3 aromatic rings. The number of para-hydroxylation sites is 1. The fraction of sp³-hybridized carbons (Fsp3) is 0.364. The number of sulfonamides is 1. The number of carbonyl (C=O) groups excluding carboxylic acids is 1. The molecule has 0 spiro atoms. The molecule has 1 saturated heterocycles. The number of nitrogens with one attached hydrogen (secondary N) is 1. The highest BCUT2D eigenvalue weighted by Gasteiger charge is 2.33. The van der Waals surface area contributed by atoms with Crippen LogP contribution in [0.5, 0.6) is 0 Å². The van der Waals surface area contributed by atoms with E-state index >= 15 is 0 Å². The van der Waals surface area contributed by atoms with E-state index in [-0.39, 0.29) is 17.3 Å². The molecule has 0 saturated carbocycles. The number of anilines is 1. The summed E-state index contributed by atoms with van der Waals surface area (Å²) in [5.74, 6) is -0.284. The lowest BCUT2D eigenvalue weighted by Crippen LogP contribution is -2.43. The first-order valence-corrected chi connectivity index (χ1v) is 12.8. The molecular formula is C22H24ClN3O3S2. The molecule has 1 atom stereocenters. The molecule has 1 aliphatic heterocycles. The Morgan fingerprint density at radius 2 is 1.97 bits per heavy atom. The predicted octanol–water partition coefficient (Wildman–Crippen LogP) is 5.11. The Balaban J connectivity index is 1.50. The van der Waals surface area contributed by atoms with Gasteiger partial charge in [0.1, 0.15) is 0 Å². The largest absolute Gasteiger partial charge is 0.302 e. The third kappa shape index (κ3) is 4.62. The van der Waals surface area contributed by atoms with Crippen molar-refractivity contribution >= 4 is 54.2 Å². The van der Waals surface area contributed by atoms with Crippen molar-refractivity contribution in [1.82, 2.24) is 9.29 Å². The Labute approximate surface area is 191 Å². The van der Waals surface area contributed by atoms with E-state index in [0.717, 1.165) is 15.8 Å². The maximum atomic E-state index is 13.0. The van der Waals surface area contributed by atoms with Crippen LogP contribution in [0.25, 0.3) is 10.2 Å². The maximum absolute atomic E-state index is 13.0. The second kappa shape index (κ2) is 8.86. The molecule has 9 heteroatoms. The van der Waals surface area contributed by atoms with Gasteiger partial charge in [-0.1, -0.05) is 48.9 Å². The third-order valence-electron chi connectivity index (χ3n) is 5.51. The van der Waals surface area contributed by atoms with Crippen molar-refractivity contribution in [2.24, 2.45) is 5.92 Å². The minimum Gasteiger partial charge on any atom is -0.302 e. The first kappa shape index (κ1) is 22.2. The van der Waals surface area contributed by atoms with Crippen LogP contribution in [0.15, 0.2) is 47.4 Å². The van der Waals surface area contributed by atoms with Crippen LogP contribution in [0.2, 0.25) is 5.02 Å². The lowest BCUT2D eigenvalue weighted by atomic mass is 9.99. The molecule has 1 aliphatic rings. The van der Waals surface area contributed by atoms with Gasteiger partial charge in [0, 0.05) is 18.1 Å². The van der Waals surface area contributed by atoms with Crippen LogP contribution in [-0.2, 0) is 14.8 Å². The molecule has 1 unspecified atom stereocenters. The zero-order valence-corrected chi connectivity index (χ0v) is 19.7. The summed E-state index contributed by atoms with van der Waals surface area (Å²) in [7, 11) is -3.67. The number of halogens is 1. The molecule has 1 aromatic heterocycles. The summed E-state index contributed by atoms with van der Waals surface area (Å²) in [5, 5.41) is 3.94. The van der Waals surface area contributed by atoms with Crippen molar-refractivity contribution in [3.8, 4) is 0 Å². The number of hydrogen-bond acceptors (Lipinski definition) is 5. The molecule has 2 heterocycles. The van der Waals surface area contributed by atoms with Gasteiger partial charge in [-0.2, -0.15) is 4.31 Å². The second-order valence-electron chi connectivity index (χ2n) is 8.01. The number of hydrogen-bond donors (Lipinski definition) is 1. The van der Waals surface area contributed by atoms with E-state index in [1.165, 1.54) is 27.8 Å². The molecular weight excluding hydrogens is 454 g/mol. The Hall–Kier alpha value is -2.00. The maximum Gasteiger partial charge on any atom is 0.243 e. The number of amides is 1. The van der Waals surface area contributed by atoms with Crippen molar-refractivity contribution in [2.45, 2.75) is 37.5 Å². The highest BCUT2D eigenvalue weighted by molar-refractivity contribution is 7.89. The molecule has 31 heavy (non-hydrogen) atoms. The van der Waals surface area contributed by atoms with E-state index in [1.807, 2.05) is 12.1 Å². The fourth-order valence-corrected chi connectivity index (χ4v) is 6.38. The van der Waals surface area contributed by atoms with Gasteiger partial charge in [-0.15, -0.1) is 0 Å². The third-order valence-corrected chi connectivity index (χ3v) is 8.58. The summed E-state index contributed by atoms with van der Waals surface area (Å²) < 4.78 is 28.4. The van der Waals surface area contributed by atoms with Crippen LogP contribution < -0.4 is 5.32 Å². The minimum atomic E-state index is -3.67. The number of thiazole rings is 1. The number of carbonyl (C=O) groups is 1. The zero-order chi connectivity index (χ0) is 22.2. The first-order chi connectivity index (χ1) is 14.8. The second-order valence-corrected chi connectivity index (χ2v) is 11.4. The molecule has 1 amide bonds. The van der Waals surface area contributed by atoms with Gasteiger partial charge in [-0.05, 0) is 54.7 Å². The normalized spacial score (nSPS) is 17.9. The van der Waals surface area contributed by atoms with Crippen LogP contribution in [0.4, 0.5) is 5.13 Å². The van der Waals surface area contributed by atoms with Crippen LogP contribution in [0.1, 0.15) is 38.2 Å². The average molecular weight is 478 g/mol. The number of benzene rings is 2. The number of fused-ring (bicyclic) bond motifs is 1. The minimum absolute atomic E-state index is 0.152. The quantitative estimate of drug-likeness (QED) is 0.553. The highest BCUT2D eigenvalue weighted by atomic mass is 35.5. The van der Waals surface area contributed by atoms with Crippen molar-refractivity contribution < 1.29 is 13.2 Å². The molecule has 1 N–H and O–H groups in total. The van der Waals surface area contributed by atoms with Crippen molar-refractivity contribution in [3.63, 3.8) is 0 Å². The number of piperidine rings is 1. The van der Waals surface area contributed by atoms with Crippen LogP contribution in [-0.4, -0.2) is 36.7 Å². The Morgan fingerprint density at radius 1 is 1.23 bits per heavy atom. The SMILES string of the molecule is CC(C)c1cccc2sc(NC(=O)C3CCCN(S(=O)(=O)c4ccc(Cl)cc4)C3)nc12. The molecule has 1 fully saturated rings. The summed E-state index contributed by atoms with van der Waals surface area (Å²) in [5.41, 5.74) is 2.06. The van der Waals surface area contributed by atoms with Crippen molar-refractivity contribution in [1.29, 1.82) is 0 Å². The molecule has 0 aliphatic carbocycles. The monoisotopic (exact) mass is 477 g/mol. The predicted molar refractivity (Wildman–Crippen MR) is 125 cm³/mol. The number of nitrogens with zero attached hydrogens (tertiary/aromatic N) is 2. The highest BCUT2D eigenvalue weighted by Crippen LogP contribution is 2.32. The fourth-order valence-electron chi connectivity index (χ4n) is 3.83. The van der Waals surface area contributed by atoms with Gasteiger partial charge in [-0.3, -0.25) is 4.79 Å². The van der Waals surface area contributed by atoms with Gasteiger partial charge in [0.2, 0.25) is 15.9 Å². The van der Waals surface area contributed by atoms with Gasteiger partial charge >= 0.3 is 0 Å². The van der Waals surface area contributed by atoms with Gasteiger partial charge < -0.3 is 5.32 Å². The molecule has 0 radical (unpaired) electrons. The van der Waals surface area contributed by atoms with Gasteiger partial charge in [0.25, 0.3) is 0 Å². The molecule has 6 nitrogen and oxygen atoms in total. The van der Waals surface area contributed by atoms with E-state index < -0.39 is 15.9 Å². The lowest BCUT2D eigenvalue weighted by Gasteiger charge is -2.31. The summed E-state index contributed by atoms with van der Waals surface area (Å²) >= 11 is 7.32. The molecule has 0 bridgehead atoms. The Bertz CT molecular complexity index is 1210. The van der Waals surface area contributed by atoms with Gasteiger partial charge in [0.05, 0.1) is 21.0 Å². The van der Waals surface area contributed by atoms with Gasteiger partial charge in [-0.25, -0.2) is 13.4 Å². The lowest BCUT2D eigenvalue weighted by molar-refractivity contribution is -0.120. The van der Waals surface area contributed by atoms with E-state index in [1.54, 1.807) is 12.1 Å². The van der Waals surface area contributed by atoms with E-state index in [2.05, 4.69) is 30.2 Å². The van der Waals surface area contributed by atoms with E-state index in [9.17, 15) is 13.2 Å². The van der Waals surface area contributed by atoms with Crippen LogP contribution in [0.3, 0.4) is 0 Å². The molecule has 2 aromatic carbocycles. The standard InChI is InChI=1S/C22H24ClN3O3S2/c1-14(2)18-6-3-7-19-20(18)24-22(30-19)25-21(27)15-5-4-12-26(13-15)31(28,29)17-10-8-16(23)9-11-17/h3,6-11,14-15H,4-5,12-13H2,1-2H3,(H,24,25,27). The Kier molecular flexibility index (Phi) is 6.35. The molecule has 164 valence electrons. The summed E-state index contributed by atoms with van der Waals surface area (Å²) in [6, 6.07) is 12.2. The van der Waals surface area contributed by atoms with Gasteiger partial charge in [0.15, 0.2) is 5.13 Å². The number of rotatable bonds is 5. The van der Waals surface area contributed by atoms with E-state index in [0.29, 0.717) is 35.5 Å². The van der Waals surface area contributed by atoms with Crippen molar-refractivity contribution in [2.75, 3.05) is 18.4 Å². The van der Waals surface area contributed by atoms with Crippen molar-refractivity contribution in [3.05, 3.63) is 53.1 Å². The van der Waals surface area contributed by atoms with E-state index in [4.69, 9.17) is 11.6 Å². The Morgan fingerprint density at radius 3 is 2.68 bits per heavy atom. The zero-order valence-electron chi connectivity index (χ0n) is 17.3. The average Bonchev–Trinajstić information content (AvgIpc) is 3.16. The first-order valence-electron chi connectivity index (χ1n) is 10.2. The topological polar surface area (TPSA) is 79.4 Å². The summed E-state index contributed by atoms with van der Waals surface area (Å²) in [6.45, 7) is 4.78.